The minimum Gasteiger partial charge on any atom is -0.477 e. The Hall–Kier alpha value is -3.78. The lowest BCUT2D eigenvalue weighted by molar-refractivity contribution is 0.0695. The van der Waals surface area contributed by atoms with E-state index in [2.05, 4.69) is 5.10 Å². The second kappa shape index (κ2) is 7.33. The molecule has 0 radical (unpaired) electrons. The number of aromatic carboxylic acids is 1. The van der Waals surface area contributed by atoms with E-state index in [-0.39, 0.29) is 18.5 Å². The van der Waals surface area contributed by atoms with E-state index < -0.39 is 22.8 Å². The summed E-state index contributed by atoms with van der Waals surface area (Å²) < 4.78 is 17.4. The summed E-state index contributed by atoms with van der Waals surface area (Å²) >= 11 is 0. The highest BCUT2D eigenvalue weighted by molar-refractivity contribution is 5.92. The first-order valence-electron chi connectivity index (χ1n) is 8.77. The van der Waals surface area contributed by atoms with Crippen LogP contribution in [0.25, 0.3) is 16.6 Å². The van der Waals surface area contributed by atoms with E-state index in [9.17, 15) is 19.1 Å². The molecule has 146 valence electrons. The second-order valence-corrected chi connectivity index (χ2v) is 6.52. The van der Waals surface area contributed by atoms with E-state index in [4.69, 9.17) is 5.11 Å². The predicted molar refractivity (Wildman–Crippen MR) is 104 cm³/mol. The Balaban J connectivity index is 1.74. The molecule has 2 N–H and O–H groups in total. The molecule has 0 saturated heterocycles. The molecule has 2 heterocycles. The number of hydrogen-bond acceptors (Lipinski definition) is 4. The number of carboxylic acid groups (broad SMARTS) is 1. The molecular formula is C21H16FN3O4. The molecule has 0 spiro atoms. The minimum atomic E-state index is -1.40. The van der Waals surface area contributed by atoms with Crippen molar-refractivity contribution >= 4 is 16.9 Å². The maximum absolute atomic E-state index is 14.2. The number of fused-ring (bicyclic) bond motifs is 1. The van der Waals surface area contributed by atoms with Crippen molar-refractivity contribution in [2.75, 3.05) is 0 Å². The number of carbonyl (C=O) groups is 1. The molecule has 4 aromatic rings. The second-order valence-electron chi connectivity index (χ2n) is 6.52. The van der Waals surface area contributed by atoms with Crippen molar-refractivity contribution in [3.63, 3.8) is 0 Å². The topological polar surface area (TPSA) is 97.3 Å². The summed E-state index contributed by atoms with van der Waals surface area (Å²) in [4.78, 5) is 23.8. The fraction of sp³-hybridized carbons (Fsp3) is 0.0952. The Labute approximate surface area is 163 Å². The highest BCUT2D eigenvalue weighted by Gasteiger charge is 2.17. The number of aliphatic hydroxyl groups is 1. The normalized spacial score (nSPS) is 11.1. The monoisotopic (exact) mass is 393 g/mol. The first-order chi connectivity index (χ1) is 14.0. The van der Waals surface area contributed by atoms with Gasteiger partial charge in [-0.25, -0.2) is 13.9 Å². The van der Waals surface area contributed by atoms with Crippen molar-refractivity contribution in [1.82, 2.24) is 14.3 Å². The summed E-state index contributed by atoms with van der Waals surface area (Å²) in [7, 11) is 0. The van der Waals surface area contributed by atoms with Crippen LogP contribution in [-0.2, 0) is 13.2 Å². The average Bonchev–Trinajstić information content (AvgIpc) is 3.19. The zero-order valence-corrected chi connectivity index (χ0v) is 15.1. The zero-order chi connectivity index (χ0) is 20.5. The van der Waals surface area contributed by atoms with Gasteiger partial charge in [0, 0.05) is 18.9 Å². The lowest BCUT2D eigenvalue weighted by atomic mass is 10.1. The van der Waals surface area contributed by atoms with Crippen LogP contribution < -0.4 is 5.43 Å². The molecule has 4 rings (SSSR count). The smallest absolute Gasteiger partial charge is 0.341 e. The first kappa shape index (κ1) is 18.6. The summed E-state index contributed by atoms with van der Waals surface area (Å²) in [5.41, 5.74) is 1.17. The highest BCUT2D eigenvalue weighted by atomic mass is 19.1. The van der Waals surface area contributed by atoms with E-state index in [0.29, 0.717) is 11.2 Å². The fourth-order valence-electron chi connectivity index (χ4n) is 3.22. The van der Waals surface area contributed by atoms with Crippen molar-refractivity contribution < 1.29 is 19.4 Å². The molecule has 0 amide bonds. The molecule has 2 aromatic heterocycles. The van der Waals surface area contributed by atoms with Gasteiger partial charge in [0.05, 0.1) is 28.9 Å². The Bertz CT molecular complexity index is 1280. The molecular weight excluding hydrogens is 377 g/mol. The quantitative estimate of drug-likeness (QED) is 0.543. The minimum absolute atomic E-state index is 0.146. The molecule has 0 bridgehead atoms. The van der Waals surface area contributed by atoms with Gasteiger partial charge >= 0.3 is 5.97 Å². The van der Waals surface area contributed by atoms with Crippen LogP contribution in [0.5, 0.6) is 0 Å². The summed E-state index contributed by atoms with van der Waals surface area (Å²) in [6.45, 7) is 0.106. The van der Waals surface area contributed by atoms with E-state index in [0.717, 1.165) is 17.3 Å². The van der Waals surface area contributed by atoms with Gasteiger partial charge in [-0.2, -0.15) is 5.10 Å². The molecule has 0 atom stereocenters. The average molecular weight is 393 g/mol. The van der Waals surface area contributed by atoms with Gasteiger partial charge in [0.15, 0.2) is 0 Å². The van der Waals surface area contributed by atoms with E-state index >= 15 is 0 Å². The van der Waals surface area contributed by atoms with Gasteiger partial charge in [-0.1, -0.05) is 18.2 Å². The standard InChI is InChI=1S/C21H16FN3O4/c22-17-2-1-3-18-19(17)20(27)16(21(28)29)11-24(18)10-13-4-6-15(7-5-13)25-9-8-14(12-26)23-25/h1-9,11,26H,10,12H2,(H,28,29). The maximum Gasteiger partial charge on any atom is 0.341 e. The van der Waals surface area contributed by atoms with Crippen LogP contribution in [0.3, 0.4) is 0 Å². The van der Waals surface area contributed by atoms with Crippen LogP contribution in [0.2, 0.25) is 0 Å². The Morgan fingerprint density at radius 3 is 2.52 bits per heavy atom. The summed E-state index contributed by atoms with van der Waals surface area (Å²) in [6, 6.07) is 13.2. The number of halogens is 1. The molecule has 8 heteroatoms. The van der Waals surface area contributed by atoms with Crippen molar-refractivity contribution in [3.8, 4) is 5.69 Å². The van der Waals surface area contributed by atoms with Gasteiger partial charge in [-0.05, 0) is 35.9 Å². The van der Waals surface area contributed by atoms with Gasteiger partial charge in [-0.3, -0.25) is 4.79 Å². The van der Waals surface area contributed by atoms with Gasteiger partial charge in [-0.15, -0.1) is 0 Å². The molecule has 0 aliphatic heterocycles. The van der Waals surface area contributed by atoms with Crippen molar-refractivity contribution in [1.29, 1.82) is 0 Å². The molecule has 2 aromatic carbocycles. The van der Waals surface area contributed by atoms with E-state index in [1.807, 2.05) is 24.3 Å². The van der Waals surface area contributed by atoms with Crippen molar-refractivity contribution in [3.05, 3.63) is 93.8 Å². The Morgan fingerprint density at radius 1 is 1.10 bits per heavy atom. The summed E-state index contributed by atoms with van der Waals surface area (Å²) in [6.07, 6.45) is 2.97. The van der Waals surface area contributed by atoms with E-state index in [1.165, 1.54) is 12.3 Å². The number of aromatic nitrogens is 3. The molecule has 0 fully saturated rings. The maximum atomic E-state index is 14.2. The van der Waals surface area contributed by atoms with Gasteiger partial charge < -0.3 is 14.8 Å². The van der Waals surface area contributed by atoms with Crippen LogP contribution in [0.1, 0.15) is 21.6 Å². The number of pyridine rings is 1. The zero-order valence-electron chi connectivity index (χ0n) is 15.1. The number of hydrogen-bond donors (Lipinski definition) is 2. The fourth-order valence-corrected chi connectivity index (χ4v) is 3.22. The Morgan fingerprint density at radius 2 is 1.86 bits per heavy atom. The van der Waals surface area contributed by atoms with Crippen molar-refractivity contribution in [2.24, 2.45) is 0 Å². The third kappa shape index (κ3) is 3.41. The molecule has 0 aliphatic rings. The molecule has 0 aliphatic carbocycles. The number of aliphatic hydroxyl groups excluding tert-OH is 1. The largest absolute Gasteiger partial charge is 0.477 e. The van der Waals surface area contributed by atoms with Crippen molar-refractivity contribution in [2.45, 2.75) is 13.2 Å². The summed E-state index contributed by atoms with van der Waals surface area (Å²) in [5.74, 6) is -2.15. The third-order valence-electron chi connectivity index (χ3n) is 4.65. The predicted octanol–water partition coefficient (Wildman–Crippen LogP) is 2.57. The lowest BCUT2D eigenvalue weighted by Gasteiger charge is -2.13. The third-order valence-corrected chi connectivity index (χ3v) is 4.65. The summed E-state index contributed by atoms with van der Waals surface area (Å²) in [5, 5.41) is 22.4. The van der Waals surface area contributed by atoms with Crippen LogP contribution in [0, 0.1) is 5.82 Å². The first-order valence-corrected chi connectivity index (χ1v) is 8.77. The molecule has 29 heavy (non-hydrogen) atoms. The van der Waals surface area contributed by atoms with Gasteiger partial charge in [0.25, 0.3) is 0 Å². The SMILES string of the molecule is O=C(O)c1cn(Cc2ccc(-n3ccc(CO)n3)cc2)c2cccc(F)c2c1=O. The van der Waals surface area contributed by atoms with Gasteiger partial charge in [0.2, 0.25) is 5.43 Å². The van der Waals surface area contributed by atoms with Crippen LogP contribution in [0.4, 0.5) is 4.39 Å². The lowest BCUT2D eigenvalue weighted by Crippen LogP contribution is -2.20. The van der Waals surface area contributed by atoms with Crippen LogP contribution in [0.15, 0.2) is 65.7 Å². The highest BCUT2D eigenvalue weighted by Crippen LogP contribution is 2.18. The molecule has 0 saturated carbocycles. The Kier molecular flexibility index (Phi) is 4.69. The molecule has 7 nitrogen and oxygen atoms in total. The van der Waals surface area contributed by atoms with Crippen LogP contribution in [-0.4, -0.2) is 30.5 Å². The van der Waals surface area contributed by atoms with Crippen LogP contribution >= 0.6 is 0 Å². The number of carboxylic acids is 1. The number of benzene rings is 2. The number of rotatable bonds is 5. The van der Waals surface area contributed by atoms with E-state index in [1.54, 1.807) is 27.6 Å². The van der Waals surface area contributed by atoms with Gasteiger partial charge in [0.1, 0.15) is 11.4 Å². The number of nitrogens with zero attached hydrogens (tertiary/aromatic N) is 3. The molecule has 0 unspecified atom stereocenters.